The molecule has 2 amide bonds. The number of hydrogen-bond donors (Lipinski definition) is 1. The van der Waals surface area contributed by atoms with Crippen molar-refractivity contribution in [3.8, 4) is 0 Å². The van der Waals surface area contributed by atoms with Crippen LogP contribution in [0.15, 0.2) is 54.6 Å². The fraction of sp³-hybridized carbons (Fsp3) is 0.320. The second-order valence-corrected chi connectivity index (χ2v) is 8.46. The highest BCUT2D eigenvalue weighted by atomic mass is 19.1. The van der Waals surface area contributed by atoms with Crippen LogP contribution in [0, 0.1) is 5.82 Å². The quantitative estimate of drug-likeness (QED) is 0.681. The summed E-state index contributed by atoms with van der Waals surface area (Å²) in [6, 6.07) is 15.9. The van der Waals surface area contributed by atoms with Crippen molar-refractivity contribution in [1.82, 2.24) is 20.0 Å². The number of benzene rings is 2. The van der Waals surface area contributed by atoms with Crippen LogP contribution >= 0.6 is 0 Å². The lowest BCUT2D eigenvalue weighted by Crippen LogP contribution is -2.31. The number of halogens is 1. The van der Waals surface area contributed by atoms with Crippen LogP contribution in [-0.4, -0.2) is 33.0 Å². The van der Waals surface area contributed by atoms with Crippen LogP contribution in [0.25, 0.3) is 0 Å². The van der Waals surface area contributed by atoms with Crippen molar-refractivity contribution in [2.24, 2.45) is 0 Å². The van der Waals surface area contributed by atoms with E-state index in [0.717, 1.165) is 36.8 Å². The van der Waals surface area contributed by atoms with Gasteiger partial charge in [0.15, 0.2) is 5.69 Å². The van der Waals surface area contributed by atoms with Gasteiger partial charge in [-0.3, -0.25) is 14.3 Å². The fourth-order valence-electron chi connectivity index (χ4n) is 4.64. The van der Waals surface area contributed by atoms with Gasteiger partial charge in [0.05, 0.1) is 6.04 Å². The molecule has 164 valence electrons. The first kappa shape index (κ1) is 20.4. The first-order valence-electron chi connectivity index (χ1n) is 11.1. The van der Waals surface area contributed by atoms with Gasteiger partial charge in [0.25, 0.3) is 11.8 Å². The Morgan fingerprint density at radius 3 is 2.75 bits per heavy atom. The smallest absolute Gasteiger partial charge is 0.272 e. The lowest BCUT2D eigenvalue weighted by atomic mass is 9.87. The number of rotatable bonds is 4. The van der Waals surface area contributed by atoms with Crippen LogP contribution < -0.4 is 5.32 Å². The van der Waals surface area contributed by atoms with Crippen LogP contribution in [-0.2, 0) is 19.5 Å². The molecular formula is C25H25FN4O2. The molecule has 0 bridgehead atoms. The molecule has 0 spiro atoms. The summed E-state index contributed by atoms with van der Waals surface area (Å²) in [5, 5.41) is 7.56. The first-order chi connectivity index (χ1) is 15.6. The second-order valence-electron chi connectivity index (χ2n) is 8.46. The Morgan fingerprint density at radius 2 is 1.91 bits per heavy atom. The van der Waals surface area contributed by atoms with Crippen molar-refractivity contribution in [2.45, 2.75) is 44.8 Å². The zero-order valence-electron chi connectivity index (χ0n) is 17.8. The number of aromatic nitrogens is 2. The fourth-order valence-corrected chi connectivity index (χ4v) is 4.64. The van der Waals surface area contributed by atoms with Gasteiger partial charge < -0.3 is 10.2 Å². The summed E-state index contributed by atoms with van der Waals surface area (Å²) in [4.78, 5) is 27.9. The summed E-state index contributed by atoms with van der Waals surface area (Å²) in [6.45, 7) is 1.55. The predicted molar refractivity (Wildman–Crippen MR) is 118 cm³/mol. The molecule has 0 radical (unpaired) electrons. The van der Waals surface area contributed by atoms with Crippen molar-refractivity contribution in [3.05, 3.63) is 88.5 Å². The van der Waals surface area contributed by atoms with Crippen molar-refractivity contribution in [1.29, 1.82) is 0 Å². The van der Waals surface area contributed by atoms with E-state index in [1.165, 1.54) is 17.7 Å². The Kier molecular flexibility index (Phi) is 5.47. The summed E-state index contributed by atoms with van der Waals surface area (Å²) in [5.74, 6) is -0.725. The molecule has 2 heterocycles. The normalized spacial score (nSPS) is 18.0. The number of carbonyl (C=O) groups excluding carboxylic acids is 2. The molecule has 5 rings (SSSR count). The molecular weight excluding hydrogens is 407 g/mol. The van der Waals surface area contributed by atoms with Gasteiger partial charge in [0.2, 0.25) is 0 Å². The van der Waals surface area contributed by atoms with Crippen LogP contribution in [0.3, 0.4) is 0 Å². The van der Waals surface area contributed by atoms with E-state index in [2.05, 4.69) is 22.5 Å². The number of aryl methyl sites for hydroxylation is 2. The molecule has 2 aliphatic rings. The van der Waals surface area contributed by atoms with Crippen molar-refractivity contribution >= 4 is 11.8 Å². The highest BCUT2D eigenvalue weighted by Crippen LogP contribution is 2.29. The number of fused-ring (bicyclic) bond motifs is 2. The van der Waals surface area contributed by atoms with Crippen LogP contribution in [0.1, 0.15) is 63.0 Å². The Hall–Kier alpha value is -3.48. The predicted octanol–water partition coefficient (Wildman–Crippen LogP) is 3.88. The average Bonchev–Trinajstić information content (AvgIpc) is 3.18. The number of carbonyl (C=O) groups is 2. The van der Waals surface area contributed by atoms with Crippen LogP contribution in [0.2, 0.25) is 0 Å². The minimum atomic E-state index is -0.301. The SMILES string of the molecule is O=C(NC1CCCc2ccccc21)c1cc2n(n1)CCCN(Cc1ccc(F)cc1)C2=O. The third kappa shape index (κ3) is 4.02. The summed E-state index contributed by atoms with van der Waals surface area (Å²) in [7, 11) is 0. The van der Waals surface area contributed by atoms with Crippen molar-refractivity contribution in [3.63, 3.8) is 0 Å². The Morgan fingerprint density at radius 1 is 1.09 bits per heavy atom. The molecule has 1 aliphatic heterocycles. The maximum atomic E-state index is 13.2. The second kappa shape index (κ2) is 8.57. The third-order valence-electron chi connectivity index (χ3n) is 6.28. The maximum absolute atomic E-state index is 13.2. The Balaban J connectivity index is 1.33. The van der Waals surface area contributed by atoms with E-state index in [-0.39, 0.29) is 29.4 Å². The highest BCUT2D eigenvalue weighted by molar-refractivity contribution is 5.98. The van der Waals surface area contributed by atoms with Gasteiger partial charge in [-0.15, -0.1) is 0 Å². The Bertz CT molecular complexity index is 1160. The molecule has 6 nitrogen and oxygen atoms in total. The van der Waals surface area contributed by atoms with E-state index in [9.17, 15) is 14.0 Å². The lowest BCUT2D eigenvalue weighted by Gasteiger charge is -2.26. The molecule has 0 fully saturated rings. The van der Waals surface area contributed by atoms with E-state index in [0.29, 0.717) is 25.3 Å². The lowest BCUT2D eigenvalue weighted by molar-refractivity contribution is 0.0745. The molecule has 1 aromatic heterocycles. The minimum absolute atomic E-state index is 0.0420. The van der Waals surface area contributed by atoms with E-state index in [4.69, 9.17) is 0 Å². The third-order valence-corrected chi connectivity index (χ3v) is 6.28. The molecule has 1 unspecified atom stereocenters. The number of hydrogen-bond acceptors (Lipinski definition) is 3. The molecule has 1 atom stereocenters. The largest absolute Gasteiger partial charge is 0.344 e. The zero-order chi connectivity index (χ0) is 22.1. The highest BCUT2D eigenvalue weighted by Gasteiger charge is 2.28. The molecule has 2 aromatic carbocycles. The molecule has 32 heavy (non-hydrogen) atoms. The summed E-state index contributed by atoms with van der Waals surface area (Å²) in [5.41, 5.74) is 3.98. The van der Waals surface area contributed by atoms with E-state index < -0.39 is 0 Å². The molecule has 7 heteroatoms. The summed E-state index contributed by atoms with van der Waals surface area (Å²) in [6.07, 6.45) is 3.68. The van der Waals surface area contributed by atoms with Crippen molar-refractivity contribution < 1.29 is 14.0 Å². The Labute approximate surface area is 186 Å². The topological polar surface area (TPSA) is 67.2 Å². The molecule has 1 aliphatic carbocycles. The average molecular weight is 432 g/mol. The number of amides is 2. The number of nitrogens with one attached hydrogen (secondary N) is 1. The van der Waals surface area contributed by atoms with Gasteiger partial charge >= 0.3 is 0 Å². The zero-order valence-corrected chi connectivity index (χ0v) is 17.8. The first-order valence-corrected chi connectivity index (χ1v) is 11.1. The monoisotopic (exact) mass is 432 g/mol. The van der Waals surface area contributed by atoms with Gasteiger partial charge in [-0.2, -0.15) is 5.10 Å². The van der Waals surface area contributed by atoms with Gasteiger partial charge in [-0.05, 0) is 54.5 Å². The van der Waals surface area contributed by atoms with E-state index in [1.807, 2.05) is 12.1 Å². The van der Waals surface area contributed by atoms with E-state index in [1.54, 1.807) is 27.8 Å². The van der Waals surface area contributed by atoms with Gasteiger partial charge in [-0.25, -0.2) is 4.39 Å². The summed E-state index contributed by atoms with van der Waals surface area (Å²) < 4.78 is 14.8. The van der Waals surface area contributed by atoms with Crippen molar-refractivity contribution in [2.75, 3.05) is 6.54 Å². The molecule has 1 N–H and O–H groups in total. The minimum Gasteiger partial charge on any atom is -0.344 e. The van der Waals surface area contributed by atoms with Gasteiger partial charge in [0, 0.05) is 25.7 Å². The maximum Gasteiger partial charge on any atom is 0.272 e. The molecule has 3 aromatic rings. The summed E-state index contributed by atoms with van der Waals surface area (Å²) >= 11 is 0. The molecule has 0 saturated heterocycles. The van der Waals surface area contributed by atoms with Gasteiger partial charge in [0.1, 0.15) is 11.5 Å². The van der Waals surface area contributed by atoms with Gasteiger partial charge in [-0.1, -0.05) is 36.4 Å². The standard InChI is InChI=1S/C25H25FN4O2/c26-19-11-9-17(10-12-19)16-29-13-4-14-30-23(25(29)32)15-22(28-30)24(31)27-21-8-3-6-18-5-1-2-7-20(18)21/h1-2,5,7,9-12,15,21H,3-4,6,8,13-14,16H2,(H,27,31). The van der Waals surface area contributed by atoms with Crippen LogP contribution in [0.5, 0.6) is 0 Å². The molecule has 0 saturated carbocycles. The van der Waals surface area contributed by atoms with Crippen LogP contribution in [0.4, 0.5) is 4.39 Å². The van der Waals surface area contributed by atoms with E-state index >= 15 is 0 Å². The number of nitrogens with zero attached hydrogens (tertiary/aromatic N) is 3.